The first kappa shape index (κ1) is 18.1. The Kier molecular flexibility index (Phi) is 5.28. The van der Waals surface area contributed by atoms with Gasteiger partial charge in [0.1, 0.15) is 0 Å². The second-order valence-corrected chi connectivity index (χ2v) is 12.2. The molecule has 1 aliphatic rings. The van der Waals surface area contributed by atoms with Crippen molar-refractivity contribution >= 4 is 18.7 Å². The zero-order valence-corrected chi connectivity index (χ0v) is 16.4. The summed E-state index contributed by atoms with van der Waals surface area (Å²) in [6, 6.07) is 21.4. The predicted molar refractivity (Wildman–Crippen MR) is 107 cm³/mol. The summed E-state index contributed by atoms with van der Waals surface area (Å²) in [6.45, 7) is 7.73. The number of aliphatic hydroxyl groups excluding tert-OH is 1. The number of benzene rings is 2. The van der Waals surface area contributed by atoms with E-state index < -0.39 is 8.32 Å². The van der Waals surface area contributed by atoms with Gasteiger partial charge in [-0.1, -0.05) is 93.6 Å². The number of aliphatic hydroxyl groups is 1. The van der Waals surface area contributed by atoms with Crippen LogP contribution in [0.2, 0.25) is 5.04 Å². The lowest BCUT2D eigenvalue weighted by molar-refractivity contribution is 0.160. The highest BCUT2D eigenvalue weighted by atomic mass is 28.4. The highest BCUT2D eigenvalue weighted by Crippen LogP contribution is 2.38. The fraction of sp³-hybridized carbons (Fsp3) is 0.364. The van der Waals surface area contributed by atoms with E-state index in [1.165, 1.54) is 10.4 Å². The van der Waals surface area contributed by atoms with Gasteiger partial charge in [-0.15, -0.1) is 0 Å². The second-order valence-electron chi connectivity index (χ2n) is 7.87. The predicted octanol–water partition coefficient (Wildman–Crippen LogP) is 3.36. The minimum atomic E-state index is -2.45. The van der Waals surface area contributed by atoms with Crippen molar-refractivity contribution in [1.82, 2.24) is 0 Å². The van der Waals surface area contributed by atoms with Crippen LogP contribution in [-0.4, -0.2) is 26.6 Å². The molecule has 2 atom stereocenters. The largest absolute Gasteiger partial charge is 0.407 e. The van der Waals surface area contributed by atoms with Gasteiger partial charge in [0.15, 0.2) is 0 Å². The molecular weight excluding hydrogens is 324 g/mol. The first-order valence-corrected chi connectivity index (χ1v) is 10.9. The van der Waals surface area contributed by atoms with Crippen LogP contribution in [0, 0.1) is 11.8 Å². The van der Waals surface area contributed by atoms with Crippen molar-refractivity contribution < 1.29 is 9.53 Å². The molecule has 1 N–H and O–H groups in total. The van der Waals surface area contributed by atoms with Gasteiger partial charge in [0.25, 0.3) is 8.32 Å². The minimum Gasteiger partial charge on any atom is -0.407 e. The minimum absolute atomic E-state index is 0.00210. The van der Waals surface area contributed by atoms with Crippen LogP contribution in [0.5, 0.6) is 0 Å². The Labute approximate surface area is 152 Å². The van der Waals surface area contributed by atoms with E-state index in [9.17, 15) is 5.11 Å². The third kappa shape index (κ3) is 3.37. The first-order valence-electron chi connectivity index (χ1n) is 9.03. The van der Waals surface area contributed by atoms with Crippen LogP contribution in [0.4, 0.5) is 0 Å². The summed E-state index contributed by atoms with van der Waals surface area (Å²) in [5, 5.41) is 12.1. The van der Waals surface area contributed by atoms with Crippen LogP contribution in [0.15, 0.2) is 72.8 Å². The maximum absolute atomic E-state index is 9.48. The molecule has 0 heterocycles. The smallest absolute Gasteiger partial charge is 0.261 e. The Bertz CT molecular complexity index is 664. The summed E-state index contributed by atoms with van der Waals surface area (Å²) in [5.74, 6) is 0.546. The van der Waals surface area contributed by atoms with E-state index in [1.807, 2.05) is 0 Å². The van der Waals surface area contributed by atoms with Crippen LogP contribution < -0.4 is 10.4 Å². The molecule has 3 rings (SSSR count). The second kappa shape index (κ2) is 7.28. The average molecular weight is 353 g/mol. The van der Waals surface area contributed by atoms with E-state index in [1.54, 1.807) is 0 Å². The monoisotopic (exact) mass is 352 g/mol. The molecule has 0 unspecified atom stereocenters. The lowest BCUT2D eigenvalue weighted by Gasteiger charge is -2.44. The van der Waals surface area contributed by atoms with Gasteiger partial charge in [-0.25, -0.2) is 0 Å². The molecule has 0 radical (unpaired) electrons. The summed E-state index contributed by atoms with van der Waals surface area (Å²) in [6.07, 6.45) is 4.25. The lowest BCUT2D eigenvalue weighted by atomic mass is 9.84. The molecule has 25 heavy (non-hydrogen) atoms. The van der Waals surface area contributed by atoms with E-state index in [0.29, 0.717) is 12.5 Å². The van der Waals surface area contributed by atoms with E-state index in [0.717, 1.165) is 0 Å². The number of hydrogen-bond acceptors (Lipinski definition) is 2. The van der Waals surface area contributed by atoms with Crippen molar-refractivity contribution in [3.63, 3.8) is 0 Å². The van der Waals surface area contributed by atoms with Crippen molar-refractivity contribution in [2.75, 3.05) is 13.2 Å². The molecule has 0 amide bonds. The molecule has 3 heteroatoms. The van der Waals surface area contributed by atoms with Crippen LogP contribution in [0.3, 0.4) is 0 Å². The highest BCUT2D eigenvalue weighted by molar-refractivity contribution is 6.99. The zero-order chi connectivity index (χ0) is 17.9. The van der Waals surface area contributed by atoms with Gasteiger partial charge in [-0.2, -0.15) is 0 Å². The Morgan fingerprint density at radius 1 is 0.840 bits per heavy atom. The van der Waals surface area contributed by atoms with Gasteiger partial charge in [0, 0.05) is 25.0 Å². The molecule has 1 aliphatic carbocycles. The van der Waals surface area contributed by atoms with E-state index in [4.69, 9.17) is 4.43 Å². The third-order valence-electron chi connectivity index (χ3n) is 5.28. The van der Waals surface area contributed by atoms with Crippen LogP contribution in [0.25, 0.3) is 0 Å². The summed E-state index contributed by atoms with van der Waals surface area (Å²) >= 11 is 0. The Balaban J connectivity index is 2.04. The quantitative estimate of drug-likeness (QED) is 0.638. The van der Waals surface area contributed by atoms with Crippen molar-refractivity contribution in [3.8, 4) is 0 Å². The first-order chi connectivity index (χ1) is 12.0. The topological polar surface area (TPSA) is 29.5 Å². The molecule has 0 aromatic heterocycles. The molecule has 0 spiro atoms. The van der Waals surface area contributed by atoms with Crippen molar-refractivity contribution in [1.29, 1.82) is 0 Å². The van der Waals surface area contributed by atoms with Crippen LogP contribution >= 0.6 is 0 Å². The lowest BCUT2D eigenvalue weighted by Crippen LogP contribution is -2.67. The summed E-state index contributed by atoms with van der Waals surface area (Å²) in [7, 11) is -2.45. The van der Waals surface area contributed by atoms with Crippen LogP contribution in [-0.2, 0) is 4.43 Å². The Morgan fingerprint density at radius 2 is 1.32 bits per heavy atom. The van der Waals surface area contributed by atoms with E-state index in [2.05, 4.69) is 93.6 Å². The SMILES string of the molecule is CC(C)(C)[Si](OC[C@@H]1C=C[C@@H]1CO)(c1ccccc1)c1ccccc1. The van der Waals surface area contributed by atoms with Gasteiger partial charge in [-0.3, -0.25) is 0 Å². The molecule has 2 aromatic rings. The normalized spacial score (nSPS) is 20.3. The summed E-state index contributed by atoms with van der Waals surface area (Å²) in [4.78, 5) is 0. The number of hydrogen-bond donors (Lipinski definition) is 1. The average Bonchev–Trinajstić information content (AvgIpc) is 2.58. The summed E-state index contributed by atoms with van der Waals surface area (Å²) < 4.78 is 6.88. The molecule has 0 saturated heterocycles. The number of rotatable bonds is 6. The van der Waals surface area contributed by atoms with Gasteiger partial charge in [0.2, 0.25) is 0 Å². The van der Waals surface area contributed by atoms with Gasteiger partial charge in [0.05, 0.1) is 0 Å². The maximum atomic E-state index is 9.48. The fourth-order valence-electron chi connectivity index (χ4n) is 3.78. The molecule has 2 aromatic carbocycles. The summed E-state index contributed by atoms with van der Waals surface area (Å²) in [5.41, 5.74) is 0. The molecular formula is C22H28O2Si. The van der Waals surface area contributed by atoms with Gasteiger partial charge >= 0.3 is 0 Å². The maximum Gasteiger partial charge on any atom is 0.261 e. The standard InChI is InChI=1S/C22H28O2Si/c1-22(2,3)25(20-10-6-4-7-11-20,21-12-8-5-9-13-21)24-17-19-15-14-18(19)16-23/h4-15,18-19,23H,16-17H2,1-3H3/t18-,19+/m1/s1. The van der Waals surface area contributed by atoms with Crippen LogP contribution in [0.1, 0.15) is 20.8 Å². The zero-order valence-electron chi connectivity index (χ0n) is 15.4. The van der Waals surface area contributed by atoms with Crippen molar-refractivity contribution in [2.24, 2.45) is 11.8 Å². The molecule has 2 nitrogen and oxygen atoms in total. The van der Waals surface area contributed by atoms with Crippen molar-refractivity contribution in [2.45, 2.75) is 25.8 Å². The van der Waals surface area contributed by atoms with Crippen molar-refractivity contribution in [3.05, 3.63) is 72.8 Å². The third-order valence-corrected chi connectivity index (χ3v) is 10.3. The van der Waals surface area contributed by atoms with E-state index in [-0.39, 0.29) is 17.6 Å². The van der Waals surface area contributed by atoms with Gasteiger partial charge in [-0.05, 0) is 15.4 Å². The Hall–Kier alpha value is -1.68. The van der Waals surface area contributed by atoms with Gasteiger partial charge < -0.3 is 9.53 Å². The van der Waals surface area contributed by atoms with E-state index >= 15 is 0 Å². The molecule has 0 aliphatic heterocycles. The fourth-order valence-corrected chi connectivity index (χ4v) is 8.38. The molecule has 0 bridgehead atoms. The molecule has 0 saturated carbocycles. The molecule has 132 valence electrons. The Morgan fingerprint density at radius 3 is 1.68 bits per heavy atom. The highest BCUT2D eigenvalue weighted by Gasteiger charge is 2.50. The molecule has 0 fully saturated rings.